The number of likely N-dealkylation sites (N-methyl/N-ethyl adjacent to an activating group) is 1. The van der Waals surface area contributed by atoms with Gasteiger partial charge < -0.3 is 0 Å². The first-order valence-electron chi connectivity index (χ1n) is 8.00. The van der Waals surface area contributed by atoms with Crippen LogP contribution in [-0.4, -0.2) is 43.6 Å². The molecule has 0 aliphatic rings. The number of carbonyl (C=O) groups excluding carboxylic acids is 1. The second kappa shape index (κ2) is 7.67. The predicted molar refractivity (Wildman–Crippen MR) is 95.2 cm³/mol. The van der Waals surface area contributed by atoms with Crippen LogP contribution in [0.25, 0.3) is 5.69 Å². The van der Waals surface area contributed by atoms with Crippen molar-refractivity contribution >= 4 is 11.9 Å². The fraction of sp³-hybridized carbons (Fsp3) is 0.222. The van der Waals surface area contributed by atoms with Gasteiger partial charge in [0.15, 0.2) is 0 Å². The zero-order valence-corrected chi connectivity index (χ0v) is 14.2. The summed E-state index contributed by atoms with van der Waals surface area (Å²) in [5.74, 6) is 0.161. The van der Waals surface area contributed by atoms with E-state index in [0.717, 1.165) is 11.3 Å². The van der Waals surface area contributed by atoms with Gasteiger partial charge in [-0.15, -0.1) is 0 Å². The van der Waals surface area contributed by atoms with Crippen LogP contribution in [0.2, 0.25) is 0 Å². The standard InChI is InChI=1S/C18H20N6O/c1-14(17(25)22-18-19-9-6-10-20-18)23(2)12-15-11-21-24(13-15)16-7-4-3-5-8-16/h3-11,13-14H,12H2,1-2H3,(H,19,20,22,25). The van der Waals surface area contributed by atoms with Gasteiger partial charge in [-0.05, 0) is 32.2 Å². The van der Waals surface area contributed by atoms with Crippen LogP contribution >= 0.6 is 0 Å². The number of carbonyl (C=O) groups is 1. The molecule has 7 heteroatoms. The molecule has 0 radical (unpaired) electrons. The maximum absolute atomic E-state index is 12.3. The Morgan fingerprint density at radius 2 is 1.92 bits per heavy atom. The Hall–Kier alpha value is -3.06. The lowest BCUT2D eigenvalue weighted by Gasteiger charge is -2.22. The normalized spacial score (nSPS) is 12.1. The molecular formula is C18H20N6O. The van der Waals surface area contributed by atoms with Crippen LogP contribution in [0, 0.1) is 0 Å². The van der Waals surface area contributed by atoms with Crippen LogP contribution in [0.1, 0.15) is 12.5 Å². The highest BCUT2D eigenvalue weighted by Gasteiger charge is 2.19. The fourth-order valence-corrected chi connectivity index (χ4v) is 2.37. The van der Waals surface area contributed by atoms with E-state index >= 15 is 0 Å². The van der Waals surface area contributed by atoms with Crippen molar-refractivity contribution in [3.8, 4) is 5.69 Å². The minimum Gasteiger partial charge on any atom is -0.293 e. The van der Waals surface area contributed by atoms with Crippen LogP contribution < -0.4 is 5.32 Å². The summed E-state index contributed by atoms with van der Waals surface area (Å²) in [6, 6.07) is 11.3. The summed E-state index contributed by atoms with van der Waals surface area (Å²) in [7, 11) is 1.90. The van der Waals surface area contributed by atoms with Crippen LogP contribution in [0.5, 0.6) is 0 Å². The van der Waals surface area contributed by atoms with Gasteiger partial charge in [-0.3, -0.25) is 15.0 Å². The summed E-state index contributed by atoms with van der Waals surface area (Å²) in [5.41, 5.74) is 2.03. The largest absolute Gasteiger partial charge is 0.293 e. The minimum absolute atomic E-state index is 0.149. The van der Waals surface area contributed by atoms with Crippen molar-refractivity contribution in [3.63, 3.8) is 0 Å². The number of nitrogens with one attached hydrogen (secondary N) is 1. The van der Waals surface area contributed by atoms with Crippen molar-refractivity contribution in [2.45, 2.75) is 19.5 Å². The van der Waals surface area contributed by atoms with Crippen LogP contribution in [0.4, 0.5) is 5.95 Å². The Morgan fingerprint density at radius 1 is 1.20 bits per heavy atom. The van der Waals surface area contributed by atoms with Gasteiger partial charge in [-0.1, -0.05) is 18.2 Å². The fourth-order valence-electron chi connectivity index (χ4n) is 2.37. The molecule has 1 N–H and O–H groups in total. The Balaban J connectivity index is 1.61. The number of hydrogen-bond acceptors (Lipinski definition) is 5. The highest BCUT2D eigenvalue weighted by Crippen LogP contribution is 2.11. The average molecular weight is 336 g/mol. The molecular weight excluding hydrogens is 316 g/mol. The molecule has 0 bridgehead atoms. The molecule has 0 saturated heterocycles. The molecule has 0 aliphatic carbocycles. The second-order valence-corrected chi connectivity index (χ2v) is 5.78. The molecule has 0 aliphatic heterocycles. The molecule has 3 rings (SSSR count). The summed E-state index contributed by atoms with van der Waals surface area (Å²) in [5, 5.41) is 7.10. The third-order valence-electron chi connectivity index (χ3n) is 3.93. The Morgan fingerprint density at radius 3 is 2.64 bits per heavy atom. The molecule has 0 spiro atoms. The first-order valence-corrected chi connectivity index (χ1v) is 8.00. The maximum Gasteiger partial charge on any atom is 0.243 e. The van der Waals surface area contributed by atoms with Gasteiger partial charge in [0.25, 0.3) is 0 Å². The van der Waals surface area contributed by atoms with Gasteiger partial charge in [-0.25, -0.2) is 14.6 Å². The van der Waals surface area contributed by atoms with E-state index < -0.39 is 0 Å². The van der Waals surface area contributed by atoms with Crippen LogP contribution in [-0.2, 0) is 11.3 Å². The minimum atomic E-state index is -0.330. The number of rotatable bonds is 6. The van der Waals surface area contributed by atoms with Gasteiger partial charge >= 0.3 is 0 Å². The molecule has 1 amide bonds. The van der Waals surface area contributed by atoms with E-state index in [-0.39, 0.29) is 11.9 Å². The SMILES string of the molecule is CC(C(=O)Nc1ncccn1)N(C)Cc1cnn(-c2ccccc2)c1. The number of para-hydroxylation sites is 1. The van der Waals surface area contributed by atoms with Gasteiger partial charge in [-0.2, -0.15) is 5.10 Å². The molecule has 1 unspecified atom stereocenters. The van der Waals surface area contributed by atoms with Crippen molar-refractivity contribution in [3.05, 3.63) is 66.7 Å². The number of nitrogens with zero attached hydrogens (tertiary/aromatic N) is 5. The smallest absolute Gasteiger partial charge is 0.243 e. The lowest BCUT2D eigenvalue weighted by atomic mass is 10.2. The highest BCUT2D eigenvalue weighted by molar-refractivity contribution is 5.92. The molecule has 1 atom stereocenters. The van der Waals surface area contributed by atoms with E-state index in [2.05, 4.69) is 20.4 Å². The van der Waals surface area contributed by atoms with Crippen molar-refractivity contribution in [2.75, 3.05) is 12.4 Å². The second-order valence-electron chi connectivity index (χ2n) is 5.78. The maximum atomic E-state index is 12.3. The first-order chi connectivity index (χ1) is 12.1. The predicted octanol–water partition coefficient (Wildman–Crippen LogP) is 2.12. The molecule has 0 fully saturated rings. The van der Waals surface area contributed by atoms with E-state index in [1.54, 1.807) is 18.5 Å². The van der Waals surface area contributed by atoms with E-state index in [1.165, 1.54) is 0 Å². The van der Waals surface area contributed by atoms with Crippen molar-refractivity contribution < 1.29 is 4.79 Å². The van der Waals surface area contributed by atoms with Crippen LogP contribution in [0.3, 0.4) is 0 Å². The van der Waals surface area contributed by atoms with Gasteiger partial charge in [0.1, 0.15) is 0 Å². The Labute approximate surface area is 146 Å². The quantitative estimate of drug-likeness (QED) is 0.746. The van der Waals surface area contributed by atoms with E-state index in [1.807, 2.05) is 66.3 Å². The van der Waals surface area contributed by atoms with Crippen molar-refractivity contribution in [1.82, 2.24) is 24.6 Å². The van der Waals surface area contributed by atoms with Gasteiger partial charge in [0.2, 0.25) is 11.9 Å². The summed E-state index contributed by atoms with van der Waals surface area (Å²) in [4.78, 5) is 22.3. The molecule has 0 saturated carbocycles. The lowest BCUT2D eigenvalue weighted by Crippen LogP contribution is -2.39. The van der Waals surface area contributed by atoms with E-state index in [9.17, 15) is 4.79 Å². The molecule has 2 aromatic heterocycles. The van der Waals surface area contributed by atoms with Crippen molar-refractivity contribution in [1.29, 1.82) is 0 Å². The van der Waals surface area contributed by atoms with Crippen molar-refractivity contribution in [2.24, 2.45) is 0 Å². The Bertz CT molecular complexity index is 818. The summed E-state index contributed by atoms with van der Waals surface area (Å²) >= 11 is 0. The molecule has 25 heavy (non-hydrogen) atoms. The highest BCUT2D eigenvalue weighted by atomic mass is 16.2. The number of anilines is 1. The summed E-state index contributed by atoms with van der Waals surface area (Å²) < 4.78 is 1.83. The average Bonchev–Trinajstić information content (AvgIpc) is 3.11. The molecule has 7 nitrogen and oxygen atoms in total. The number of hydrogen-bond donors (Lipinski definition) is 1. The summed E-state index contributed by atoms with van der Waals surface area (Å²) in [6.45, 7) is 2.46. The van der Waals surface area contributed by atoms with Gasteiger partial charge in [0.05, 0.1) is 17.9 Å². The first kappa shape index (κ1) is 16.8. The number of amides is 1. The molecule has 2 heterocycles. The third kappa shape index (κ3) is 4.27. The third-order valence-corrected chi connectivity index (χ3v) is 3.93. The van der Waals surface area contributed by atoms with E-state index in [4.69, 9.17) is 0 Å². The topological polar surface area (TPSA) is 75.9 Å². The zero-order valence-electron chi connectivity index (χ0n) is 14.2. The molecule has 128 valence electrons. The molecule has 1 aromatic carbocycles. The van der Waals surface area contributed by atoms with Gasteiger partial charge in [0, 0.05) is 30.7 Å². The number of aromatic nitrogens is 4. The number of benzene rings is 1. The lowest BCUT2D eigenvalue weighted by molar-refractivity contribution is -0.120. The monoisotopic (exact) mass is 336 g/mol. The van der Waals surface area contributed by atoms with E-state index in [0.29, 0.717) is 12.5 Å². The zero-order chi connectivity index (χ0) is 17.6. The van der Waals surface area contributed by atoms with Crippen LogP contribution in [0.15, 0.2) is 61.2 Å². The summed E-state index contributed by atoms with van der Waals surface area (Å²) in [6.07, 6.45) is 6.97. The molecule has 3 aromatic rings. The Kier molecular flexibility index (Phi) is 5.15.